The standard InChI is InChI=1S/C33H46O9/c1-20(12-13-25(38-8)23-10-9-11-24(16-23)37-7)30-21(2)14-15-33(41-30)31(4,5)19-32(6,42-33)27(34)18-29(36)40-26-17-28(35)39-22(26)3/h9-11,14-16,20-22,25-26,30H,12-13,17-19H2,1-8H3/t20-,21-,22+,25-,26+,30+,32+,33-/m0/s1. The summed E-state index contributed by atoms with van der Waals surface area (Å²) in [6.45, 7) is 11.7. The van der Waals surface area contributed by atoms with E-state index in [1.807, 2.05) is 44.2 Å². The predicted octanol–water partition coefficient (Wildman–Crippen LogP) is 5.50. The Balaban J connectivity index is 1.42. The average Bonchev–Trinajstić information content (AvgIpc) is 3.35. The molecule has 2 fully saturated rings. The molecule has 3 heterocycles. The van der Waals surface area contributed by atoms with Crippen LogP contribution in [0.5, 0.6) is 5.75 Å². The molecule has 4 rings (SSSR count). The van der Waals surface area contributed by atoms with E-state index in [9.17, 15) is 14.4 Å². The fourth-order valence-corrected chi connectivity index (χ4v) is 6.61. The van der Waals surface area contributed by atoms with Crippen LogP contribution < -0.4 is 4.74 Å². The van der Waals surface area contributed by atoms with Crippen molar-refractivity contribution in [2.24, 2.45) is 17.3 Å². The normalized spacial score (nSPS) is 33.3. The monoisotopic (exact) mass is 586 g/mol. The van der Waals surface area contributed by atoms with Crippen molar-refractivity contribution in [3.05, 3.63) is 42.0 Å². The third kappa shape index (κ3) is 6.58. The van der Waals surface area contributed by atoms with Crippen molar-refractivity contribution in [2.75, 3.05) is 14.2 Å². The molecule has 1 aromatic carbocycles. The van der Waals surface area contributed by atoms with Gasteiger partial charge in [-0.2, -0.15) is 0 Å². The van der Waals surface area contributed by atoms with Gasteiger partial charge in [-0.15, -0.1) is 0 Å². The summed E-state index contributed by atoms with van der Waals surface area (Å²) < 4.78 is 35.0. The van der Waals surface area contributed by atoms with Crippen LogP contribution in [0.2, 0.25) is 0 Å². The molecule has 0 unspecified atom stereocenters. The molecule has 8 atom stereocenters. The number of cyclic esters (lactones) is 1. The average molecular weight is 587 g/mol. The molecule has 0 aromatic heterocycles. The van der Waals surface area contributed by atoms with E-state index < -0.39 is 47.4 Å². The first-order valence-electron chi connectivity index (χ1n) is 14.9. The van der Waals surface area contributed by atoms with Gasteiger partial charge >= 0.3 is 11.9 Å². The highest BCUT2D eigenvalue weighted by molar-refractivity contribution is 6.00. The molecule has 9 heteroatoms. The molecule has 3 aliphatic rings. The molecular formula is C33H46O9. The maximum Gasteiger partial charge on any atom is 0.313 e. The lowest BCUT2D eigenvalue weighted by molar-refractivity contribution is -0.282. The maximum absolute atomic E-state index is 13.5. The van der Waals surface area contributed by atoms with E-state index in [0.717, 1.165) is 24.2 Å². The highest BCUT2D eigenvalue weighted by Gasteiger charge is 2.63. The predicted molar refractivity (Wildman–Crippen MR) is 155 cm³/mol. The number of carbonyl (C=O) groups is 3. The summed E-state index contributed by atoms with van der Waals surface area (Å²) in [6.07, 6.45) is 4.16. The van der Waals surface area contributed by atoms with Gasteiger partial charge in [0.2, 0.25) is 0 Å². The molecular weight excluding hydrogens is 540 g/mol. The summed E-state index contributed by atoms with van der Waals surface area (Å²) in [5.74, 6) is -1.51. The molecule has 0 radical (unpaired) electrons. The van der Waals surface area contributed by atoms with Gasteiger partial charge in [-0.25, -0.2) is 0 Å². The van der Waals surface area contributed by atoms with E-state index in [-0.39, 0.29) is 36.2 Å². The minimum Gasteiger partial charge on any atom is -0.497 e. The number of rotatable bonds is 11. The number of ketones is 1. The molecule has 0 saturated carbocycles. The lowest BCUT2D eigenvalue weighted by Gasteiger charge is -2.46. The van der Waals surface area contributed by atoms with E-state index in [0.29, 0.717) is 6.42 Å². The Labute approximate surface area is 249 Å². The molecule has 3 aliphatic heterocycles. The largest absolute Gasteiger partial charge is 0.497 e. The molecule has 0 bridgehead atoms. The summed E-state index contributed by atoms with van der Waals surface area (Å²) >= 11 is 0. The number of carbonyl (C=O) groups excluding carboxylic acids is 3. The summed E-state index contributed by atoms with van der Waals surface area (Å²) in [5, 5.41) is 0. The van der Waals surface area contributed by atoms with Crippen LogP contribution in [0.25, 0.3) is 0 Å². The Kier molecular flexibility index (Phi) is 9.55. The second-order valence-electron chi connectivity index (χ2n) is 12.9. The Morgan fingerprint density at radius 3 is 2.50 bits per heavy atom. The van der Waals surface area contributed by atoms with Crippen molar-refractivity contribution in [3.63, 3.8) is 0 Å². The molecule has 2 saturated heterocycles. The van der Waals surface area contributed by atoms with Crippen molar-refractivity contribution >= 4 is 17.7 Å². The van der Waals surface area contributed by atoms with Crippen LogP contribution in [0.1, 0.15) is 85.3 Å². The van der Waals surface area contributed by atoms with Crippen LogP contribution in [0.4, 0.5) is 0 Å². The Hall–Kier alpha value is -2.75. The van der Waals surface area contributed by atoms with Crippen molar-refractivity contribution < 1.29 is 42.8 Å². The molecule has 0 amide bonds. The zero-order valence-electron chi connectivity index (χ0n) is 26.1. The molecule has 0 aliphatic carbocycles. The molecule has 1 aromatic rings. The Morgan fingerprint density at radius 1 is 1.12 bits per heavy atom. The van der Waals surface area contributed by atoms with Crippen LogP contribution in [-0.2, 0) is 38.1 Å². The van der Waals surface area contributed by atoms with Gasteiger partial charge in [0.25, 0.3) is 0 Å². The zero-order chi connectivity index (χ0) is 30.9. The molecule has 1 spiro atoms. The van der Waals surface area contributed by atoms with Crippen LogP contribution in [-0.4, -0.2) is 61.6 Å². The summed E-state index contributed by atoms with van der Waals surface area (Å²) in [6, 6.07) is 7.93. The fourth-order valence-electron chi connectivity index (χ4n) is 6.61. The van der Waals surface area contributed by atoms with Gasteiger partial charge in [0.1, 0.15) is 30.0 Å². The van der Waals surface area contributed by atoms with Gasteiger partial charge in [-0.3, -0.25) is 14.4 Å². The smallest absolute Gasteiger partial charge is 0.313 e. The summed E-state index contributed by atoms with van der Waals surface area (Å²) in [5.41, 5.74) is -0.735. The maximum atomic E-state index is 13.5. The number of hydrogen-bond acceptors (Lipinski definition) is 9. The topological polar surface area (TPSA) is 107 Å². The minimum absolute atomic E-state index is 0.00787. The van der Waals surface area contributed by atoms with E-state index in [1.165, 1.54) is 0 Å². The van der Waals surface area contributed by atoms with E-state index in [4.69, 9.17) is 28.4 Å². The zero-order valence-corrected chi connectivity index (χ0v) is 26.1. The van der Waals surface area contributed by atoms with Gasteiger partial charge in [-0.05, 0) is 62.8 Å². The van der Waals surface area contributed by atoms with E-state index >= 15 is 0 Å². The molecule has 9 nitrogen and oxygen atoms in total. The lowest BCUT2D eigenvalue weighted by Crippen LogP contribution is -2.51. The summed E-state index contributed by atoms with van der Waals surface area (Å²) in [7, 11) is 3.37. The van der Waals surface area contributed by atoms with Gasteiger partial charge in [0.05, 0.1) is 25.7 Å². The third-order valence-electron chi connectivity index (χ3n) is 9.13. The molecule has 232 valence electrons. The SMILES string of the molecule is COc1cccc([C@H](CC[C@H](C)[C@H]2O[C@@]3(C=C[C@@H]2C)O[C@@](C)(C(=O)CC(=O)O[C@@H]2CC(=O)O[C@@H]2C)CC3(C)C)OC)c1. The van der Waals surface area contributed by atoms with Crippen LogP contribution in [0, 0.1) is 17.3 Å². The number of Topliss-reactive ketones (excluding diaryl/α,β-unsaturated/α-hetero) is 1. The number of hydrogen-bond donors (Lipinski definition) is 0. The van der Waals surface area contributed by atoms with Crippen LogP contribution in [0.3, 0.4) is 0 Å². The number of benzene rings is 1. The first-order valence-corrected chi connectivity index (χ1v) is 14.9. The van der Waals surface area contributed by atoms with Gasteiger partial charge < -0.3 is 28.4 Å². The van der Waals surface area contributed by atoms with Crippen LogP contribution in [0.15, 0.2) is 36.4 Å². The fraction of sp³-hybridized carbons (Fsp3) is 0.667. The molecule has 42 heavy (non-hydrogen) atoms. The summed E-state index contributed by atoms with van der Waals surface area (Å²) in [4.78, 5) is 37.6. The second-order valence-corrected chi connectivity index (χ2v) is 12.9. The van der Waals surface area contributed by atoms with E-state index in [1.54, 1.807) is 28.1 Å². The first kappa shape index (κ1) is 32.2. The first-order chi connectivity index (χ1) is 19.7. The van der Waals surface area contributed by atoms with Crippen molar-refractivity contribution in [3.8, 4) is 5.75 Å². The second kappa shape index (κ2) is 12.5. The van der Waals surface area contributed by atoms with Crippen molar-refractivity contribution in [2.45, 2.75) is 109 Å². The Morgan fingerprint density at radius 2 is 1.86 bits per heavy atom. The number of methoxy groups -OCH3 is 2. The quantitative estimate of drug-likeness (QED) is 0.189. The van der Waals surface area contributed by atoms with Crippen molar-refractivity contribution in [1.82, 2.24) is 0 Å². The van der Waals surface area contributed by atoms with Crippen molar-refractivity contribution in [1.29, 1.82) is 0 Å². The van der Waals surface area contributed by atoms with Gasteiger partial charge in [-0.1, -0.05) is 45.9 Å². The molecule has 0 N–H and O–H groups in total. The third-order valence-corrected chi connectivity index (χ3v) is 9.13. The highest BCUT2D eigenvalue weighted by Crippen LogP contribution is 2.55. The number of esters is 2. The highest BCUT2D eigenvalue weighted by atomic mass is 16.7. The number of ether oxygens (including phenoxy) is 6. The lowest BCUT2D eigenvalue weighted by atomic mass is 9.75. The Bertz CT molecular complexity index is 1190. The van der Waals surface area contributed by atoms with E-state index in [2.05, 4.69) is 19.9 Å². The van der Waals surface area contributed by atoms with Crippen LogP contribution >= 0.6 is 0 Å². The van der Waals surface area contributed by atoms with Gasteiger partial charge in [0, 0.05) is 18.4 Å². The van der Waals surface area contributed by atoms with Gasteiger partial charge in [0.15, 0.2) is 11.6 Å². The minimum atomic E-state index is -1.25.